The van der Waals surface area contributed by atoms with Crippen molar-refractivity contribution in [3.63, 3.8) is 0 Å². The molecule has 2 atom stereocenters. The molecule has 0 radical (unpaired) electrons. The third kappa shape index (κ3) is 5.05. The molecule has 23 heavy (non-hydrogen) atoms. The monoisotopic (exact) mass is 317 g/mol. The fourth-order valence-corrected chi connectivity index (χ4v) is 3.07. The topological polar surface area (TPSA) is 58.4 Å². The maximum absolute atomic E-state index is 12.2. The van der Waals surface area contributed by atoms with Crippen LogP contribution in [0.1, 0.15) is 44.2 Å². The Morgan fingerprint density at radius 2 is 2.00 bits per heavy atom. The van der Waals surface area contributed by atoms with Crippen LogP contribution in [-0.4, -0.2) is 36.0 Å². The van der Waals surface area contributed by atoms with Gasteiger partial charge in [0.1, 0.15) is 0 Å². The first-order valence-corrected chi connectivity index (χ1v) is 8.84. The largest absolute Gasteiger partial charge is 0.352 e. The van der Waals surface area contributed by atoms with E-state index in [0.29, 0.717) is 0 Å². The number of likely N-dealkylation sites (tertiary alicyclic amines) is 1. The predicted molar refractivity (Wildman–Crippen MR) is 95.1 cm³/mol. The maximum atomic E-state index is 12.2. The Labute approximate surface area is 140 Å². The molecule has 1 amide bonds. The van der Waals surface area contributed by atoms with Crippen molar-refractivity contribution >= 4 is 5.91 Å². The van der Waals surface area contributed by atoms with E-state index in [1.807, 2.05) is 6.92 Å². The van der Waals surface area contributed by atoms with Crippen molar-refractivity contribution in [1.82, 2.24) is 10.2 Å². The number of aryl methyl sites for hydroxylation is 1. The third-order valence-electron chi connectivity index (χ3n) is 5.15. The summed E-state index contributed by atoms with van der Waals surface area (Å²) < 4.78 is 0. The molecule has 1 aromatic carbocycles. The van der Waals surface area contributed by atoms with E-state index in [0.717, 1.165) is 38.9 Å². The van der Waals surface area contributed by atoms with Gasteiger partial charge < -0.3 is 11.1 Å². The van der Waals surface area contributed by atoms with Crippen molar-refractivity contribution in [3.05, 3.63) is 35.4 Å². The van der Waals surface area contributed by atoms with Gasteiger partial charge in [-0.3, -0.25) is 9.69 Å². The van der Waals surface area contributed by atoms with Crippen LogP contribution in [0.25, 0.3) is 0 Å². The number of rotatable bonds is 6. The van der Waals surface area contributed by atoms with E-state index in [9.17, 15) is 4.79 Å². The fourth-order valence-electron chi connectivity index (χ4n) is 3.07. The Kier molecular flexibility index (Phi) is 6.60. The van der Waals surface area contributed by atoms with Crippen LogP contribution in [0.2, 0.25) is 0 Å². The summed E-state index contributed by atoms with van der Waals surface area (Å²) in [7, 11) is 0. The molecular formula is C19H31N3O. The second-order valence-electron chi connectivity index (χ2n) is 6.90. The van der Waals surface area contributed by atoms with E-state index in [4.69, 9.17) is 5.73 Å². The smallest absolute Gasteiger partial charge is 0.237 e. The standard InChI is InChI=1S/C19H31N3O/c1-4-14(2)18(20)19(23)21-17-9-11-22(12-10-17)13-16-8-6-5-7-15(16)3/h5-8,14,17-18H,4,9-13,20H2,1-3H3,(H,21,23). The van der Waals surface area contributed by atoms with Crippen molar-refractivity contribution in [2.45, 2.75) is 58.7 Å². The van der Waals surface area contributed by atoms with Crippen LogP contribution in [0.3, 0.4) is 0 Å². The molecule has 0 bridgehead atoms. The van der Waals surface area contributed by atoms with Crippen molar-refractivity contribution in [2.24, 2.45) is 11.7 Å². The highest BCUT2D eigenvalue weighted by Gasteiger charge is 2.25. The number of nitrogens with zero attached hydrogens (tertiary/aromatic N) is 1. The molecule has 0 spiro atoms. The van der Waals surface area contributed by atoms with Gasteiger partial charge in [0.05, 0.1) is 6.04 Å². The summed E-state index contributed by atoms with van der Waals surface area (Å²) in [6.07, 6.45) is 2.94. The van der Waals surface area contributed by atoms with E-state index < -0.39 is 0 Å². The summed E-state index contributed by atoms with van der Waals surface area (Å²) in [6, 6.07) is 8.44. The van der Waals surface area contributed by atoms with Crippen LogP contribution in [-0.2, 0) is 11.3 Å². The highest BCUT2D eigenvalue weighted by molar-refractivity contribution is 5.82. The van der Waals surface area contributed by atoms with E-state index in [1.54, 1.807) is 0 Å². The molecule has 0 aromatic heterocycles. The number of hydrogen-bond donors (Lipinski definition) is 2. The van der Waals surface area contributed by atoms with Gasteiger partial charge in [-0.25, -0.2) is 0 Å². The number of nitrogens with two attached hydrogens (primary N) is 1. The normalized spacial score (nSPS) is 19.3. The fraction of sp³-hybridized carbons (Fsp3) is 0.632. The summed E-state index contributed by atoms with van der Waals surface area (Å²) >= 11 is 0. The number of carbonyl (C=O) groups excluding carboxylic acids is 1. The third-order valence-corrected chi connectivity index (χ3v) is 5.15. The Morgan fingerprint density at radius 3 is 2.61 bits per heavy atom. The Hall–Kier alpha value is -1.39. The number of nitrogens with one attached hydrogen (secondary N) is 1. The summed E-state index contributed by atoms with van der Waals surface area (Å²) in [5.74, 6) is 0.243. The van der Waals surface area contributed by atoms with Crippen molar-refractivity contribution in [2.75, 3.05) is 13.1 Å². The lowest BCUT2D eigenvalue weighted by atomic mass is 9.97. The first-order valence-electron chi connectivity index (χ1n) is 8.84. The zero-order valence-electron chi connectivity index (χ0n) is 14.7. The van der Waals surface area contributed by atoms with E-state index in [2.05, 4.69) is 48.3 Å². The van der Waals surface area contributed by atoms with Gasteiger partial charge >= 0.3 is 0 Å². The SMILES string of the molecule is CCC(C)C(N)C(=O)NC1CCN(Cc2ccccc2C)CC1. The summed E-state index contributed by atoms with van der Waals surface area (Å²) in [5, 5.41) is 3.14. The number of benzene rings is 1. The van der Waals surface area contributed by atoms with Gasteiger partial charge in [-0.2, -0.15) is 0 Å². The predicted octanol–water partition coefficient (Wildman–Crippen LogP) is 2.45. The van der Waals surface area contributed by atoms with Crippen LogP contribution in [0.15, 0.2) is 24.3 Å². The Balaban J connectivity index is 1.78. The maximum Gasteiger partial charge on any atom is 0.237 e. The zero-order chi connectivity index (χ0) is 16.8. The molecule has 0 saturated carbocycles. The molecule has 1 aliphatic rings. The molecule has 1 heterocycles. The van der Waals surface area contributed by atoms with Gasteiger partial charge in [0.2, 0.25) is 5.91 Å². The minimum absolute atomic E-state index is 0.0108. The van der Waals surface area contributed by atoms with Crippen LogP contribution in [0.4, 0.5) is 0 Å². The van der Waals surface area contributed by atoms with Crippen molar-refractivity contribution < 1.29 is 4.79 Å². The molecule has 4 heteroatoms. The minimum Gasteiger partial charge on any atom is -0.352 e. The number of piperidine rings is 1. The van der Waals surface area contributed by atoms with Gasteiger partial charge in [0.25, 0.3) is 0 Å². The lowest BCUT2D eigenvalue weighted by Crippen LogP contribution is -2.51. The van der Waals surface area contributed by atoms with E-state index in [1.165, 1.54) is 11.1 Å². The second-order valence-corrected chi connectivity index (χ2v) is 6.90. The first kappa shape index (κ1) is 18.0. The molecule has 128 valence electrons. The zero-order valence-corrected chi connectivity index (χ0v) is 14.7. The summed E-state index contributed by atoms with van der Waals surface area (Å²) in [6.45, 7) is 9.32. The molecule has 3 N–H and O–H groups in total. The lowest BCUT2D eigenvalue weighted by Gasteiger charge is -2.33. The Morgan fingerprint density at radius 1 is 1.35 bits per heavy atom. The van der Waals surface area contributed by atoms with Crippen molar-refractivity contribution in [3.8, 4) is 0 Å². The summed E-state index contributed by atoms with van der Waals surface area (Å²) in [5.41, 5.74) is 8.76. The quantitative estimate of drug-likeness (QED) is 0.847. The molecule has 1 fully saturated rings. The molecule has 1 aliphatic heterocycles. The molecule has 4 nitrogen and oxygen atoms in total. The van der Waals surface area contributed by atoms with Crippen molar-refractivity contribution in [1.29, 1.82) is 0 Å². The van der Waals surface area contributed by atoms with Crippen LogP contribution in [0.5, 0.6) is 0 Å². The molecule has 2 rings (SSSR count). The molecule has 1 saturated heterocycles. The van der Waals surface area contributed by atoms with Crippen LogP contribution in [0, 0.1) is 12.8 Å². The van der Waals surface area contributed by atoms with Gasteiger partial charge in [0.15, 0.2) is 0 Å². The highest BCUT2D eigenvalue weighted by atomic mass is 16.2. The average molecular weight is 317 g/mol. The van der Waals surface area contributed by atoms with E-state index >= 15 is 0 Å². The minimum atomic E-state index is -0.384. The number of amides is 1. The van der Waals surface area contributed by atoms with Crippen LogP contribution >= 0.6 is 0 Å². The first-order chi connectivity index (χ1) is 11.0. The molecular weight excluding hydrogens is 286 g/mol. The van der Waals surface area contributed by atoms with Gasteiger partial charge in [-0.15, -0.1) is 0 Å². The Bertz CT molecular complexity index is 509. The second kappa shape index (κ2) is 8.46. The molecule has 0 aliphatic carbocycles. The number of carbonyl (C=O) groups is 1. The number of hydrogen-bond acceptors (Lipinski definition) is 3. The summed E-state index contributed by atoms with van der Waals surface area (Å²) in [4.78, 5) is 14.7. The van der Waals surface area contributed by atoms with Gasteiger partial charge in [0, 0.05) is 25.7 Å². The molecule has 1 aromatic rings. The molecule has 2 unspecified atom stereocenters. The average Bonchev–Trinajstić information content (AvgIpc) is 2.57. The van der Waals surface area contributed by atoms with Crippen LogP contribution < -0.4 is 11.1 Å². The highest BCUT2D eigenvalue weighted by Crippen LogP contribution is 2.16. The van der Waals surface area contributed by atoms with Gasteiger partial charge in [-0.1, -0.05) is 44.5 Å². The lowest BCUT2D eigenvalue weighted by molar-refractivity contribution is -0.124. The van der Waals surface area contributed by atoms with E-state index in [-0.39, 0.29) is 23.9 Å². The van der Waals surface area contributed by atoms with Gasteiger partial charge in [-0.05, 0) is 36.8 Å².